The summed E-state index contributed by atoms with van der Waals surface area (Å²) in [7, 11) is 0. The summed E-state index contributed by atoms with van der Waals surface area (Å²) in [6.45, 7) is 8.95. The molecule has 4 nitrogen and oxygen atoms in total. The first-order chi connectivity index (χ1) is 16.7. The minimum absolute atomic E-state index is 0.0979. The van der Waals surface area contributed by atoms with E-state index >= 15 is 0 Å². The normalized spacial score (nSPS) is 11.8. The lowest BCUT2D eigenvalue weighted by Crippen LogP contribution is -2.51. The summed E-state index contributed by atoms with van der Waals surface area (Å²) in [5, 5.41) is 3.64. The van der Waals surface area contributed by atoms with Crippen molar-refractivity contribution < 1.29 is 9.59 Å². The van der Waals surface area contributed by atoms with Crippen molar-refractivity contribution in [2.45, 2.75) is 53.1 Å². The van der Waals surface area contributed by atoms with Crippen LogP contribution < -0.4 is 5.32 Å². The molecule has 184 valence electrons. The van der Waals surface area contributed by atoms with Gasteiger partial charge in [0.1, 0.15) is 6.04 Å². The van der Waals surface area contributed by atoms with Gasteiger partial charge in [-0.05, 0) is 48.1 Å². The molecule has 0 spiro atoms. The predicted molar refractivity (Wildman–Crippen MR) is 143 cm³/mol. The zero-order valence-corrected chi connectivity index (χ0v) is 21.8. The smallest absolute Gasteiger partial charge is 0.243 e. The Morgan fingerprint density at radius 2 is 1.60 bits per heavy atom. The third-order valence-corrected chi connectivity index (χ3v) is 6.47. The molecule has 0 radical (unpaired) electrons. The molecule has 0 aliphatic carbocycles. The number of rotatable bonds is 10. The molecular formula is C30H35ClN2O2. The van der Waals surface area contributed by atoms with Gasteiger partial charge in [0.05, 0.1) is 6.42 Å². The summed E-state index contributed by atoms with van der Waals surface area (Å²) in [5.74, 6) is 0.0576. The second-order valence-corrected chi connectivity index (χ2v) is 9.97. The van der Waals surface area contributed by atoms with Crippen LogP contribution in [0.2, 0.25) is 5.02 Å². The van der Waals surface area contributed by atoms with Crippen molar-refractivity contribution in [3.05, 3.63) is 106 Å². The molecule has 0 fully saturated rings. The highest BCUT2D eigenvalue weighted by atomic mass is 35.5. The van der Waals surface area contributed by atoms with E-state index in [1.165, 1.54) is 0 Å². The number of benzene rings is 3. The molecular weight excluding hydrogens is 456 g/mol. The minimum atomic E-state index is -0.662. The molecule has 0 aliphatic heterocycles. The lowest BCUT2D eigenvalue weighted by Gasteiger charge is -2.32. The second kappa shape index (κ2) is 12.6. The van der Waals surface area contributed by atoms with Crippen LogP contribution in [0.25, 0.3) is 0 Å². The van der Waals surface area contributed by atoms with Crippen molar-refractivity contribution in [2.75, 3.05) is 6.54 Å². The van der Waals surface area contributed by atoms with Gasteiger partial charge in [-0.3, -0.25) is 9.59 Å². The maximum Gasteiger partial charge on any atom is 0.243 e. The molecule has 3 aromatic rings. The number of nitrogens with one attached hydrogen (secondary N) is 1. The molecule has 1 N–H and O–H groups in total. The number of hydrogen-bond donors (Lipinski definition) is 1. The predicted octanol–water partition coefficient (Wildman–Crippen LogP) is 5.91. The van der Waals surface area contributed by atoms with E-state index in [4.69, 9.17) is 11.6 Å². The van der Waals surface area contributed by atoms with Crippen LogP contribution in [0.1, 0.15) is 41.7 Å². The Kier molecular flexibility index (Phi) is 9.50. The number of carbonyl (C=O) groups excluding carboxylic acids is 2. The van der Waals surface area contributed by atoms with E-state index in [0.29, 0.717) is 23.9 Å². The standard InChI is InChI=1S/C30H35ClN2O2/c1-21(2)19-32-30(35)28(17-24-10-6-5-7-11-24)33(20-25-12-8-9-13-27(25)31)29(34)18-26-16-22(3)14-15-23(26)4/h5-16,21,28H,17-20H2,1-4H3,(H,32,35)/t28-/m1/s1. The molecule has 0 unspecified atom stereocenters. The Balaban J connectivity index is 2.00. The van der Waals surface area contributed by atoms with Crippen molar-refractivity contribution in [3.8, 4) is 0 Å². The van der Waals surface area contributed by atoms with Gasteiger partial charge in [0.25, 0.3) is 0 Å². The number of hydrogen-bond acceptors (Lipinski definition) is 2. The molecule has 0 aromatic heterocycles. The SMILES string of the molecule is Cc1ccc(C)c(CC(=O)N(Cc2ccccc2Cl)[C@H](Cc2ccccc2)C(=O)NCC(C)C)c1. The van der Waals surface area contributed by atoms with Gasteiger partial charge in [-0.15, -0.1) is 0 Å². The van der Waals surface area contributed by atoms with Crippen LogP contribution in [0.3, 0.4) is 0 Å². The van der Waals surface area contributed by atoms with E-state index in [9.17, 15) is 9.59 Å². The lowest BCUT2D eigenvalue weighted by molar-refractivity contribution is -0.140. The highest BCUT2D eigenvalue weighted by Gasteiger charge is 2.31. The largest absolute Gasteiger partial charge is 0.354 e. The van der Waals surface area contributed by atoms with Gasteiger partial charge in [0.15, 0.2) is 0 Å². The lowest BCUT2D eigenvalue weighted by atomic mass is 9.99. The maximum absolute atomic E-state index is 13.9. The third kappa shape index (κ3) is 7.69. The average Bonchev–Trinajstić information content (AvgIpc) is 2.83. The molecule has 0 aliphatic rings. The van der Waals surface area contributed by atoms with E-state index in [0.717, 1.165) is 27.8 Å². The molecule has 5 heteroatoms. The number of halogens is 1. The van der Waals surface area contributed by atoms with E-state index in [2.05, 4.69) is 19.2 Å². The summed E-state index contributed by atoms with van der Waals surface area (Å²) in [5.41, 5.74) is 4.95. The summed E-state index contributed by atoms with van der Waals surface area (Å²) >= 11 is 6.49. The Bertz CT molecular complexity index is 1140. The number of nitrogens with zero attached hydrogens (tertiary/aromatic N) is 1. The topological polar surface area (TPSA) is 49.4 Å². The number of carbonyl (C=O) groups is 2. The van der Waals surface area contributed by atoms with Gasteiger partial charge in [0, 0.05) is 24.5 Å². The molecule has 35 heavy (non-hydrogen) atoms. The monoisotopic (exact) mass is 490 g/mol. The fourth-order valence-corrected chi connectivity index (χ4v) is 4.24. The van der Waals surface area contributed by atoms with Crippen molar-refractivity contribution in [1.29, 1.82) is 0 Å². The first-order valence-corrected chi connectivity index (χ1v) is 12.5. The van der Waals surface area contributed by atoms with Crippen molar-refractivity contribution >= 4 is 23.4 Å². The summed E-state index contributed by atoms with van der Waals surface area (Å²) in [4.78, 5) is 29.1. The molecule has 3 rings (SSSR count). The first-order valence-electron chi connectivity index (χ1n) is 12.1. The highest BCUT2D eigenvalue weighted by Crippen LogP contribution is 2.22. The fraction of sp³-hybridized carbons (Fsp3) is 0.333. The van der Waals surface area contributed by atoms with Crippen LogP contribution >= 0.6 is 11.6 Å². The summed E-state index contributed by atoms with van der Waals surface area (Å²) in [6.07, 6.45) is 0.647. The van der Waals surface area contributed by atoms with Gasteiger partial charge in [-0.25, -0.2) is 0 Å². The third-order valence-electron chi connectivity index (χ3n) is 6.10. The Morgan fingerprint density at radius 1 is 0.914 bits per heavy atom. The minimum Gasteiger partial charge on any atom is -0.354 e. The van der Waals surface area contributed by atoms with Gasteiger partial charge >= 0.3 is 0 Å². The van der Waals surface area contributed by atoms with Crippen molar-refractivity contribution in [1.82, 2.24) is 10.2 Å². The van der Waals surface area contributed by atoms with Crippen LogP contribution in [0, 0.1) is 19.8 Å². The van der Waals surface area contributed by atoms with Crippen LogP contribution in [0.4, 0.5) is 0 Å². The maximum atomic E-state index is 13.9. The van der Waals surface area contributed by atoms with Gasteiger partial charge in [0.2, 0.25) is 11.8 Å². The molecule has 0 bridgehead atoms. The summed E-state index contributed by atoms with van der Waals surface area (Å²) in [6, 6.07) is 22.8. The first kappa shape index (κ1) is 26.5. The molecule has 0 saturated heterocycles. The Morgan fingerprint density at radius 3 is 2.29 bits per heavy atom. The van der Waals surface area contributed by atoms with E-state index < -0.39 is 6.04 Å². The van der Waals surface area contributed by atoms with Gasteiger partial charge in [-0.1, -0.05) is 97.7 Å². The molecule has 0 saturated carbocycles. The van der Waals surface area contributed by atoms with Crippen LogP contribution in [-0.4, -0.2) is 29.3 Å². The number of aryl methyl sites for hydroxylation is 2. The zero-order chi connectivity index (χ0) is 25.4. The Hall–Kier alpha value is -3.11. The average molecular weight is 491 g/mol. The molecule has 3 aromatic carbocycles. The summed E-state index contributed by atoms with van der Waals surface area (Å²) < 4.78 is 0. The second-order valence-electron chi connectivity index (χ2n) is 9.56. The number of amides is 2. The van der Waals surface area contributed by atoms with Gasteiger partial charge < -0.3 is 10.2 Å². The molecule has 1 atom stereocenters. The van der Waals surface area contributed by atoms with Crippen LogP contribution in [0.5, 0.6) is 0 Å². The van der Waals surface area contributed by atoms with Crippen molar-refractivity contribution in [3.63, 3.8) is 0 Å². The quantitative estimate of drug-likeness (QED) is 0.384. The van der Waals surface area contributed by atoms with Gasteiger partial charge in [-0.2, -0.15) is 0 Å². The molecule has 2 amide bonds. The van der Waals surface area contributed by atoms with E-state index in [1.807, 2.05) is 86.6 Å². The van der Waals surface area contributed by atoms with Crippen LogP contribution in [-0.2, 0) is 29.0 Å². The molecule has 0 heterocycles. The Labute approximate surface area is 214 Å². The van der Waals surface area contributed by atoms with E-state index in [1.54, 1.807) is 4.90 Å². The zero-order valence-electron chi connectivity index (χ0n) is 21.1. The fourth-order valence-electron chi connectivity index (χ4n) is 4.04. The van der Waals surface area contributed by atoms with Crippen LogP contribution in [0.15, 0.2) is 72.8 Å². The highest BCUT2D eigenvalue weighted by molar-refractivity contribution is 6.31. The van der Waals surface area contributed by atoms with Crippen molar-refractivity contribution in [2.24, 2.45) is 5.92 Å². The van der Waals surface area contributed by atoms with E-state index in [-0.39, 0.29) is 24.8 Å².